The van der Waals surface area contributed by atoms with Crippen molar-refractivity contribution in [3.63, 3.8) is 0 Å². The highest BCUT2D eigenvalue weighted by atomic mass is 35.5. The summed E-state index contributed by atoms with van der Waals surface area (Å²) in [5.74, 6) is 0.942. The van der Waals surface area contributed by atoms with Gasteiger partial charge in [0.2, 0.25) is 0 Å². The zero-order valence-corrected chi connectivity index (χ0v) is 18.6. The number of nitrogens with one attached hydrogen (secondary N) is 3. The molecule has 3 N–H and O–H groups in total. The number of carbonyl (C=O) groups excluding carboxylic acids is 1. The van der Waals surface area contributed by atoms with E-state index in [1.165, 1.54) is 0 Å². The second-order valence-corrected chi connectivity index (χ2v) is 8.59. The van der Waals surface area contributed by atoms with Crippen molar-refractivity contribution >= 4 is 28.9 Å². The van der Waals surface area contributed by atoms with Gasteiger partial charge in [-0.2, -0.15) is 0 Å². The Hall–Kier alpha value is -3.03. The molecule has 2 aliphatic rings. The smallest absolute Gasteiger partial charge is 0.255 e. The Morgan fingerprint density at radius 2 is 2.25 bits per heavy atom. The predicted molar refractivity (Wildman–Crippen MR) is 124 cm³/mol. The predicted octanol–water partition coefficient (Wildman–Crippen LogP) is 4.48. The third-order valence-corrected chi connectivity index (χ3v) is 6.45. The molecule has 1 aromatic carbocycles. The second kappa shape index (κ2) is 8.84. The number of hydrogen-bond donors (Lipinski definition) is 3. The minimum absolute atomic E-state index is 0.101. The lowest BCUT2D eigenvalue weighted by Crippen LogP contribution is -2.31. The van der Waals surface area contributed by atoms with Crippen molar-refractivity contribution < 1.29 is 14.3 Å². The van der Waals surface area contributed by atoms with E-state index >= 15 is 0 Å². The monoisotopic (exact) mass is 452 g/mol. The van der Waals surface area contributed by atoms with E-state index < -0.39 is 0 Å². The lowest BCUT2D eigenvalue weighted by Gasteiger charge is -2.17. The van der Waals surface area contributed by atoms with Crippen LogP contribution in [0, 0.1) is 12.8 Å². The summed E-state index contributed by atoms with van der Waals surface area (Å²) < 4.78 is 11.6. The number of hydrogen-bond acceptors (Lipinski definition) is 5. The van der Waals surface area contributed by atoms with Crippen LogP contribution in [0.2, 0.25) is 5.02 Å². The molecule has 0 spiro atoms. The number of halogens is 1. The van der Waals surface area contributed by atoms with Crippen LogP contribution in [0.5, 0.6) is 5.75 Å². The number of fused-ring (bicyclic) bond motifs is 1. The molecule has 1 fully saturated rings. The number of aromatic nitrogens is 2. The molecule has 1 unspecified atom stereocenters. The van der Waals surface area contributed by atoms with Crippen molar-refractivity contribution in [3.8, 4) is 17.0 Å². The topological polar surface area (TPSA) is 88.3 Å². The summed E-state index contributed by atoms with van der Waals surface area (Å²) in [6.45, 7) is 4.61. The van der Waals surface area contributed by atoms with Gasteiger partial charge < -0.3 is 25.1 Å². The minimum Gasteiger partial charge on any atom is -0.491 e. The lowest BCUT2D eigenvalue weighted by molar-refractivity contribution is 0.0947. The molecule has 3 aromatic rings. The van der Waals surface area contributed by atoms with E-state index in [2.05, 4.69) is 20.6 Å². The average Bonchev–Trinajstić information content (AvgIpc) is 3.44. The van der Waals surface area contributed by atoms with Gasteiger partial charge in [-0.15, -0.1) is 0 Å². The molecule has 1 amide bonds. The molecule has 8 heteroatoms. The maximum absolute atomic E-state index is 12.8. The van der Waals surface area contributed by atoms with E-state index in [1.807, 2.05) is 31.2 Å². The summed E-state index contributed by atoms with van der Waals surface area (Å²) in [7, 11) is 0. The minimum atomic E-state index is -0.101. The summed E-state index contributed by atoms with van der Waals surface area (Å²) in [5.41, 5.74) is 5.64. The number of nitrogens with zero attached hydrogens (tertiary/aromatic N) is 1. The van der Waals surface area contributed by atoms with Crippen molar-refractivity contribution in [1.29, 1.82) is 0 Å². The maximum Gasteiger partial charge on any atom is 0.255 e. The number of carbonyl (C=O) groups is 1. The van der Waals surface area contributed by atoms with Crippen molar-refractivity contribution in [1.82, 2.24) is 15.3 Å². The van der Waals surface area contributed by atoms with Gasteiger partial charge in [0.05, 0.1) is 36.4 Å². The van der Waals surface area contributed by atoms with Crippen molar-refractivity contribution in [2.45, 2.75) is 19.8 Å². The van der Waals surface area contributed by atoms with Gasteiger partial charge >= 0.3 is 0 Å². The number of H-pyrrole nitrogens is 1. The van der Waals surface area contributed by atoms with Crippen LogP contribution in [-0.4, -0.2) is 42.2 Å². The van der Waals surface area contributed by atoms with Gasteiger partial charge in [0.25, 0.3) is 5.91 Å². The molecular weight excluding hydrogens is 428 g/mol. The molecular formula is C24H25ClN4O3. The molecule has 2 aliphatic heterocycles. The van der Waals surface area contributed by atoms with Gasteiger partial charge in [-0.05, 0) is 37.1 Å². The van der Waals surface area contributed by atoms with E-state index in [4.69, 9.17) is 21.1 Å². The van der Waals surface area contributed by atoms with Gasteiger partial charge in [-0.25, -0.2) is 0 Å². The van der Waals surface area contributed by atoms with Gasteiger partial charge in [-0.1, -0.05) is 17.7 Å². The molecule has 2 aromatic heterocycles. The summed E-state index contributed by atoms with van der Waals surface area (Å²) in [6, 6.07) is 7.60. The highest BCUT2D eigenvalue weighted by Crippen LogP contribution is 2.41. The quantitative estimate of drug-likeness (QED) is 0.513. The molecule has 166 valence electrons. The summed E-state index contributed by atoms with van der Waals surface area (Å²) in [4.78, 5) is 20.6. The first kappa shape index (κ1) is 20.8. The lowest BCUT2D eigenvalue weighted by atomic mass is 10.0. The Labute approximate surface area is 191 Å². The fraction of sp³-hybridized carbons (Fsp3) is 0.333. The Morgan fingerprint density at radius 3 is 3.09 bits per heavy atom. The van der Waals surface area contributed by atoms with Crippen LogP contribution in [0.4, 0.5) is 11.4 Å². The molecule has 0 aliphatic carbocycles. The molecule has 0 saturated carbocycles. The molecule has 5 rings (SSSR count). The second-order valence-electron chi connectivity index (χ2n) is 8.18. The Kier molecular flexibility index (Phi) is 5.76. The number of pyridine rings is 1. The van der Waals surface area contributed by atoms with E-state index in [9.17, 15) is 4.79 Å². The molecule has 1 atom stereocenters. The van der Waals surface area contributed by atoms with Crippen molar-refractivity contribution in [2.24, 2.45) is 5.92 Å². The van der Waals surface area contributed by atoms with Crippen LogP contribution in [0.1, 0.15) is 28.0 Å². The van der Waals surface area contributed by atoms with Gasteiger partial charge in [0, 0.05) is 53.7 Å². The van der Waals surface area contributed by atoms with Gasteiger partial charge in [0.15, 0.2) is 0 Å². The number of ether oxygens (including phenoxy) is 2. The van der Waals surface area contributed by atoms with Gasteiger partial charge in [0.1, 0.15) is 5.75 Å². The molecule has 0 bridgehead atoms. The molecule has 32 heavy (non-hydrogen) atoms. The van der Waals surface area contributed by atoms with E-state index in [-0.39, 0.29) is 5.91 Å². The largest absolute Gasteiger partial charge is 0.491 e. The highest BCUT2D eigenvalue weighted by Gasteiger charge is 2.28. The van der Waals surface area contributed by atoms with Crippen LogP contribution in [0.25, 0.3) is 11.3 Å². The third kappa shape index (κ3) is 3.94. The molecule has 7 nitrogen and oxygen atoms in total. The SMILES string of the molecule is Cc1c(Cl)cccc1Nc1c(-c2ccncc2OCC2CCOC2)[nH]c2c1C(=O)NCC2. The number of benzene rings is 1. The molecule has 4 heterocycles. The van der Waals surface area contributed by atoms with E-state index in [0.717, 1.165) is 47.7 Å². The number of anilines is 2. The molecule has 0 radical (unpaired) electrons. The number of aromatic amines is 1. The van der Waals surface area contributed by atoms with Crippen LogP contribution in [0.15, 0.2) is 36.7 Å². The van der Waals surface area contributed by atoms with E-state index in [0.29, 0.717) is 47.7 Å². The zero-order chi connectivity index (χ0) is 22.1. The van der Waals surface area contributed by atoms with E-state index in [1.54, 1.807) is 12.4 Å². The third-order valence-electron chi connectivity index (χ3n) is 6.05. The zero-order valence-electron chi connectivity index (χ0n) is 17.8. The first-order chi connectivity index (χ1) is 15.6. The fourth-order valence-corrected chi connectivity index (χ4v) is 4.38. The maximum atomic E-state index is 12.8. The van der Waals surface area contributed by atoms with Crippen molar-refractivity contribution in [2.75, 3.05) is 31.7 Å². The normalized spacial score (nSPS) is 17.7. The number of amides is 1. The first-order valence-corrected chi connectivity index (χ1v) is 11.2. The molecule has 1 saturated heterocycles. The highest BCUT2D eigenvalue weighted by molar-refractivity contribution is 6.31. The van der Waals surface area contributed by atoms with Crippen LogP contribution in [-0.2, 0) is 11.2 Å². The average molecular weight is 453 g/mol. The van der Waals surface area contributed by atoms with Crippen LogP contribution >= 0.6 is 11.6 Å². The Morgan fingerprint density at radius 1 is 1.34 bits per heavy atom. The summed E-state index contributed by atoms with van der Waals surface area (Å²) >= 11 is 6.35. The summed E-state index contributed by atoms with van der Waals surface area (Å²) in [6.07, 6.45) is 5.17. The van der Waals surface area contributed by atoms with Crippen LogP contribution < -0.4 is 15.4 Å². The van der Waals surface area contributed by atoms with Crippen molar-refractivity contribution in [3.05, 3.63) is 58.5 Å². The fourth-order valence-electron chi connectivity index (χ4n) is 4.21. The first-order valence-electron chi connectivity index (χ1n) is 10.8. The Bertz CT molecular complexity index is 1150. The standard InChI is InChI=1S/C24H25ClN4O3/c1-14-17(25)3-2-4-18(14)28-23-21-19(6-9-27-24(21)30)29-22(23)16-5-8-26-11-20(16)32-13-15-7-10-31-12-15/h2-5,8,11,15,28-29H,6-7,9-10,12-13H2,1H3,(H,27,30). The van der Waals surface area contributed by atoms with Gasteiger partial charge in [-0.3, -0.25) is 9.78 Å². The number of rotatable bonds is 6. The summed E-state index contributed by atoms with van der Waals surface area (Å²) in [5, 5.41) is 7.08. The Balaban J connectivity index is 1.57. The van der Waals surface area contributed by atoms with Crippen LogP contribution in [0.3, 0.4) is 0 Å².